The normalized spacial score (nSPS) is 28.8. The lowest BCUT2D eigenvalue weighted by Gasteiger charge is -2.31. The highest BCUT2D eigenvalue weighted by molar-refractivity contribution is 8.00. The van der Waals surface area contributed by atoms with Crippen LogP contribution in [0.15, 0.2) is 47.4 Å². The van der Waals surface area contributed by atoms with Crippen LogP contribution in [0.1, 0.15) is 42.6 Å². The van der Waals surface area contributed by atoms with Crippen molar-refractivity contribution in [2.24, 2.45) is 0 Å². The highest BCUT2D eigenvalue weighted by atomic mass is 32.2. The third kappa shape index (κ3) is 3.76. The van der Waals surface area contributed by atoms with Gasteiger partial charge in [-0.2, -0.15) is 0 Å². The van der Waals surface area contributed by atoms with Crippen LogP contribution in [-0.2, 0) is 17.6 Å². The van der Waals surface area contributed by atoms with Gasteiger partial charge in [0.05, 0.1) is 18.3 Å². The largest absolute Gasteiger partial charge is 0.393 e. The van der Waals surface area contributed by atoms with Crippen molar-refractivity contribution in [3.63, 3.8) is 0 Å². The van der Waals surface area contributed by atoms with Crippen molar-refractivity contribution in [1.82, 2.24) is 0 Å². The number of aliphatic hydroxyl groups is 1. The van der Waals surface area contributed by atoms with Gasteiger partial charge in [0.2, 0.25) is 0 Å². The number of ether oxygens (including phenoxy) is 1. The fraction of sp³-hybridized carbons (Fsp3) is 0.429. The summed E-state index contributed by atoms with van der Waals surface area (Å²) in [4.78, 5) is 1.32. The predicted molar refractivity (Wildman–Crippen MR) is 98.4 cm³/mol. The van der Waals surface area contributed by atoms with E-state index >= 15 is 0 Å². The van der Waals surface area contributed by atoms with Gasteiger partial charge in [-0.15, -0.1) is 11.8 Å². The minimum atomic E-state index is -0.345. The second-order valence-corrected chi connectivity index (χ2v) is 8.51. The molecule has 2 heterocycles. The van der Waals surface area contributed by atoms with Crippen LogP contribution in [-0.4, -0.2) is 22.6 Å². The Morgan fingerprint density at radius 3 is 2.84 bits per heavy atom. The third-order valence-electron chi connectivity index (χ3n) is 5.09. The van der Waals surface area contributed by atoms with E-state index in [9.17, 15) is 9.50 Å². The number of halogens is 1. The van der Waals surface area contributed by atoms with Gasteiger partial charge < -0.3 is 9.84 Å². The Kier molecular flexibility index (Phi) is 4.85. The summed E-state index contributed by atoms with van der Waals surface area (Å²) in [5.41, 5.74) is 3.09. The molecule has 0 aromatic heterocycles. The first-order chi connectivity index (χ1) is 12.1. The van der Waals surface area contributed by atoms with E-state index in [0.717, 1.165) is 17.5 Å². The maximum Gasteiger partial charge on any atom is 0.126 e. The standard InChI is InChI=1S/C21H23FO2S/c1-13-8-17(23)12-20(24-13)14-6-7-19(22)16(9-14)11-18-10-15-4-2-3-5-21(15)25-18/h2-7,9,13,17-18,20,23H,8,10-12H2,1H3. The molecule has 4 unspecified atom stereocenters. The molecule has 1 N–H and O–H groups in total. The summed E-state index contributed by atoms with van der Waals surface area (Å²) in [7, 11) is 0. The molecule has 0 bridgehead atoms. The van der Waals surface area contributed by atoms with Crippen LogP contribution in [0.4, 0.5) is 4.39 Å². The van der Waals surface area contributed by atoms with Crippen LogP contribution in [0.2, 0.25) is 0 Å². The molecule has 2 aliphatic rings. The first-order valence-corrected chi connectivity index (χ1v) is 9.83. The number of thioether (sulfide) groups is 1. The van der Waals surface area contributed by atoms with E-state index < -0.39 is 0 Å². The zero-order chi connectivity index (χ0) is 17.4. The number of hydrogen-bond donors (Lipinski definition) is 1. The van der Waals surface area contributed by atoms with Gasteiger partial charge in [0.15, 0.2) is 0 Å². The molecule has 0 spiro atoms. The smallest absolute Gasteiger partial charge is 0.126 e. The Morgan fingerprint density at radius 1 is 1.20 bits per heavy atom. The summed E-state index contributed by atoms with van der Waals surface area (Å²) in [5, 5.41) is 10.4. The van der Waals surface area contributed by atoms with Gasteiger partial charge in [-0.1, -0.05) is 30.3 Å². The molecule has 132 valence electrons. The fourth-order valence-corrected chi connectivity index (χ4v) is 5.24. The van der Waals surface area contributed by atoms with Crippen LogP contribution in [0, 0.1) is 5.82 Å². The second kappa shape index (κ2) is 7.10. The van der Waals surface area contributed by atoms with E-state index in [2.05, 4.69) is 24.3 Å². The van der Waals surface area contributed by atoms with E-state index in [1.807, 2.05) is 24.8 Å². The van der Waals surface area contributed by atoms with Crippen molar-refractivity contribution in [2.45, 2.75) is 61.1 Å². The summed E-state index contributed by atoms with van der Waals surface area (Å²) in [6.07, 6.45) is 2.49. The molecule has 1 fully saturated rings. The first-order valence-electron chi connectivity index (χ1n) is 8.95. The van der Waals surface area contributed by atoms with Gasteiger partial charge in [-0.3, -0.25) is 0 Å². The number of rotatable bonds is 3. The van der Waals surface area contributed by atoms with Crippen LogP contribution < -0.4 is 0 Å². The number of hydrogen-bond acceptors (Lipinski definition) is 3. The monoisotopic (exact) mass is 358 g/mol. The highest BCUT2D eigenvalue weighted by Crippen LogP contribution is 2.39. The summed E-state index contributed by atoms with van der Waals surface area (Å²) in [5.74, 6) is -0.148. The van der Waals surface area contributed by atoms with Crippen molar-refractivity contribution in [3.8, 4) is 0 Å². The summed E-state index contributed by atoms with van der Waals surface area (Å²) < 4.78 is 20.3. The van der Waals surface area contributed by atoms with Gasteiger partial charge in [-0.05, 0) is 55.0 Å². The average Bonchev–Trinajstić information content (AvgIpc) is 2.98. The summed E-state index contributed by atoms with van der Waals surface area (Å²) in [6.45, 7) is 1.98. The van der Waals surface area contributed by atoms with Gasteiger partial charge >= 0.3 is 0 Å². The minimum absolute atomic E-state index is 0.0298. The minimum Gasteiger partial charge on any atom is -0.393 e. The van der Waals surface area contributed by atoms with E-state index in [-0.39, 0.29) is 24.1 Å². The van der Waals surface area contributed by atoms with Crippen LogP contribution in [0.25, 0.3) is 0 Å². The lowest BCUT2D eigenvalue weighted by Crippen LogP contribution is -2.29. The predicted octanol–water partition coefficient (Wildman–Crippen LogP) is 4.69. The van der Waals surface area contributed by atoms with Gasteiger partial charge in [0.25, 0.3) is 0 Å². The fourth-order valence-electron chi connectivity index (χ4n) is 3.90. The van der Waals surface area contributed by atoms with Crippen LogP contribution in [0.5, 0.6) is 0 Å². The average molecular weight is 358 g/mol. The zero-order valence-corrected chi connectivity index (χ0v) is 15.1. The van der Waals surface area contributed by atoms with Crippen molar-refractivity contribution < 1.29 is 14.2 Å². The third-order valence-corrected chi connectivity index (χ3v) is 6.41. The Labute approximate surface area is 152 Å². The lowest BCUT2D eigenvalue weighted by atomic mass is 9.94. The van der Waals surface area contributed by atoms with Crippen molar-refractivity contribution in [3.05, 3.63) is 65.0 Å². The van der Waals surface area contributed by atoms with Gasteiger partial charge in [0.1, 0.15) is 5.82 Å². The van der Waals surface area contributed by atoms with Crippen molar-refractivity contribution in [2.75, 3.05) is 0 Å². The molecule has 2 nitrogen and oxygen atoms in total. The first kappa shape index (κ1) is 17.1. The van der Waals surface area contributed by atoms with Gasteiger partial charge in [-0.25, -0.2) is 4.39 Å². The Hall–Kier alpha value is -1.36. The van der Waals surface area contributed by atoms with Crippen molar-refractivity contribution in [1.29, 1.82) is 0 Å². The molecule has 2 aromatic rings. The number of aliphatic hydroxyl groups excluding tert-OH is 1. The molecular formula is C21H23FO2S. The maximum absolute atomic E-state index is 14.4. The van der Waals surface area contributed by atoms with Gasteiger partial charge in [0, 0.05) is 16.6 Å². The van der Waals surface area contributed by atoms with E-state index in [1.54, 1.807) is 12.1 Å². The quantitative estimate of drug-likeness (QED) is 0.863. The Balaban J connectivity index is 1.51. The van der Waals surface area contributed by atoms with Crippen LogP contribution >= 0.6 is 11.8 Å². The van der Waals surface area contributed by atoms with Crippen LogP contribution in [0.3, 0.4) is 0 Å². The topological polar surface area (TPSA) is 29.5 Å². The van der Waals surface area contributed by atoms with E-state index in [4.69, 9.17) is 4.74 Å². The lowest BCUT2D eigenvalue weighted by molar-refractivity contribution is -0.0895. The van der Waals surface area contributed by atoms with E-state index in [1.165, 1.54) is 10.5 Å². The zero-order valence-electron chi connectivity index (χ0n) is 14.3. The highest BCUT2D eigenvalue weighted by Gasteiger charge is 2.28. The van der Waals surface area contributed by atoms with Crippen molar-refractivity contribution >= 4 is 11.8 Å². The molecule has 0 radical (unpaired) electrons. The molecule has 0 saturated carbocycles. The molecule has 2 aromatic carbocycles. The molecule has 4 heteroatoms. The maximum atomic E-state index is 14.4. The molecule has 0 aliphatic carbocycles. The summed E-state index contributed by atoms with van der Waals surface area (Å²) in [6, 6.07) is 13.7. The molecule has 2 aliphatic heterocycles. The number of fused-ring (bicyclic) bond motifs is 1. The van der Waals surface area contributed by atoms with E-state index in [0.29, 0.717) is 24.5 Å². The molecular weight excluding hydrogens is 335 g/mol. The number of benzene rings is 2. The Morgan fingerprint density at radius 2 is 2.04 bits per heavy atom. The molecule has 0 amide bonds. The molecule has 25 heavy (non-hydrogen) atoms. The molecule has 4 rings (SSSR count). The Bertz CT molecular complexity index is 728. The summed E-state index contributed by atoms with van der Waals surface area (Å²) >= 11 is 1.84. The second-order valence-electron chi connectivity index (χ2n) is 7.17. The SMILES string of the molecule is CC1CC(O)CC(c2ccc(F)c(CC3Cc4ccccc4S3)c2)O1. The molecule has 4 atom stereocenters. The molecule has 1 saturated heterocycles.